The largest absolute Gasteiger partial charge is 0.480 e. The number of aliphatic carboxylic acids is 10. The highest BCUT2D eigenvalue weighted by Crippen LogP contribution is 2.03. The van der Waals surface area contributed by atoms with Crippen molar-refractivity contribution in [3.63, 3.8) is 0 Å². The van der Waals surface area contributed by atoms with E-state index >= 15 is 0 Å². The Hall–Kier alpha value is -9.32. The first-order valence-corrected chi connectivity index (χ1v) is 25.7. The summed E-state index contributed by atoms with van der Waals surface area (Å²) in [7, 11) is 0. The van der Waals surface area contributed by atoms with E-state index in [0.717, 1.165) is 6.42 Å². The van der Waals surface area contributed by atoms with E-state index in [1.807, 2.05) is 0 Å². The molecular formula is C44H99N21O28. The van der Waals surface area contributed by atoms with Crippen LogP contribution in [0, 0.1) is 10.8 Å². The average Bonchev–Trinajstić information content (AvgIpc) is 2.47. The first kappa shape index (κ1) is 108. The number of rotatable bonds is 31. The summed E-state index contributed by atoms with van der Waals surface area (Å²) in [5, 5.41) is 105. The van der Waals surface area contributed by atoms with Crippen molar-refractivity contribution in [3.05, 3.63) is 0 Å². The quantitative estimate of drug-likeness (QED) is 0.00765. The van der Waals surface area contributed by atoms with Crippen LogP contribution < -0.4 is 108 Å². The lowest BCUT2D eigenvalue weighted by Crippen LogP contribution is -2.45. The minimum absolute atomic E-state index is 0.112. The molecule has 93 heavy (non-hydrogen) atoms. The van der Waals surface area contributed by atoms with Gasteiger partial charge in [-0.15, -0.1) is 0 Å². The Balaban J connectivity index is -0.0000000936. The van der Waals surface area contributed by atoms with Gasteiger partial charge >= 0.3 is 83.6 Å². The number of hydrogen-bond donors (Lipinski definition) is 32. The molecule has 0 spiro atoms. The van der Waals surface area contributed by atoms with Crippen LogP contribution in [-0.2, 0) is 81.3 Å². The highest BCUT2D eigenvalue weighted by molar-refractivity contribution is 5.91. The molecule has 548 valence electrons. The van der Waals surface area contributed by atoms with Gasteiger partial charge in [0.05, 0.1) is 59.0 Å². The number of nitrogens with one attached hydrogen (secondary N) is 4. The second kappa shape index (κ2) is 76.9. The van der Waals surface area contributed by atoms with Crippen molar-refractivity contribution < 1.29 is 138 Å². The first-order valence-electron chi connectivity index (χ1n) is 25.7. The maximum Gasteiger partial charge on any atom is 0.334 e. The number of carboxylic acid groups (broad SMARTS) is 10. The lowest BCUT2D eigenvalue weighted by atomic mass is 10.1. The van der Waals surface area contributed by atoms with Gasteiger partial charge in [-0.3, -0.25) is 68.4 Å². The van der Waals surface area contributed by atoms with Gasteiger partial charge in [-0.2, -0.15) is 0 Å². The number of esters is 4. The molecule has 0 unspecified atom stereocenters. The SMILES string of the molecule is C[C@@H](OC(=O)[C@@H](N)CCCNC(=N)N)[C@H](N)C(=O)O.N=C(N)NCCC[C@H](N)C(=O)O.NCC(=O)O.NCC(=O)O.NCC(=O)O.NCC(=O)O.NCC(=O)O.NCC(=O)O.NCC(=O)O.NCCCC[C@H](N)C(=O)OC(=O)[C@@H](N)COC(=O)CN.N[C@@H](CO)C(=O)O. The normalized spacial score (nSPS) is 11.3. The van der Waals surface area contributed by atoms with Crippen LogP contribution in [0.3, 0.4) is 0 Å². The van der Waals surface area contributed by atoms with Crippen LogP contribution in [0.15, 0.2) is 0 Å². The molecule has 0 aromatic carbocycles. The maximum atomic E-state index is 11.5. The highest BCUT2D eigenvalue weighted by atomic mass is 16.6. The third kappa shape index (κ3) is 114. The van der Waals surface area contributed by atoms with Crippen LogP contribution in [0.1, 0.15) is 51.9 Å². The van der Waals surface area contributed by atoms with Gasteiger partial charge in [0.1, 0.15) is 49.0 Å². The Morgan fingerprint density at radius 3 is 0.914 bits per heavy atom. The van der Waals surface area contributed by atoms with E-state index in [1.165, 1.54) is 6.92 Å². The molecule has 0 rings (SSSR count). The summed E-state index contributed by atoms with van der Waals surface area (Å²) in [4.78, 5) is 140. The molecule has 0 fully saturated rings. The zero-order valence-corrected chi connectivity index (χ0v) is 50.9. The second-order valence-electron chi connectivity index (χ2n) is 16.0. The van der Waals surface area contributed by atoms with Crippen LogP contribution in [0.4, 0.5) is 0 Å². The van der Waals surface area contributed by atoms with Gasteiger partial charge in [-0.25, -0.2) is 9.59 Å². The van der Waals surface area contributed by atoms with Gasteiger partial charge in [0.15, 0.2) is 11.9 Å². The van der Waals surface area contributed by atoms with E-state index < -0.39 is 139 Å². The summed E-state index contributed by atoms with van der Waals surface area (Å²) >= 11 is 0. The average molecular weight is 1370 g/mol. The number of carboxylic acids is 10. The van der Waals surface area contributed by atoms with Crippen molar-refractivity contribution in [2.24, 2.45) is 97.5 Å². The molecule has 0 aliphatic rings. The van der Waals surface area contributed by atoms with Crippen molar-refractivity contribution in [1.82, 2.24) is 10.6 Å². The fourth-order valence-electron chi connectivity index (χ4n) is 3.14. The van der Waals surface area contributed by atoms with Crippen molar-refractivity contribution in [3.8, 4) is 0 Å². The van der Waals surface area contributed by atoms with E-state index in [2.05, 4.69) is 60.2 Å². The van der Waals surface area contributed by atoms with Gasteiger partial charge in [-0.1, -0.05) is 6.42 Å². The summed E-state index contributed by atoms with van der Waals surface area (Å²) in [5.41, 5.74) is 84.2. The monoisotopic (exact) mass is 1370 g/mol. The predicted octanol–water partition coefficient (Wildman–Crippen LogP) is -14.5. The number of carbonyl (C=O) groups is 14. The van der Waals surface area contributed by atoms with Crippen LogP contribution in [0.5, 0.6) is 0 Å². The summed E-state index contributed by atoms with van der Waals surface area (Å²) in [6.45, 7) is -0.401. The van der Waals surface area contributed by atoms with E-state index in [9.17, 15) is 67.1 Å². The van der Waals surface area contributed by atoms with Crippen molar-refractivity contribution in [1.29, 1.82) is 10.8 Å². The third-order valence-corrected chi connectivity index (χ3v) is 7.83. The van der Waals surface area contributed by atoms with Crippen LogP contribution in [0.25, 0.3) is 0 Å². The molecule has 0 aromatic rings. The molecule has 0 saturated heterocycles. The Morgan fingerprint density at radius 1 is 0.398 bits per heavy atom. The van der Waals surface area contributed by atoms with E-state index in [4.69, 9.17) is 129 Å². The number of nitrogens with two attached hydrogens (primary N) is 17. The van der Waals surface area contributed by atoms with E-state index in [-0.39, 0.29) is 64.3 Å². The fraction of sp³-hybridized carbons (Fsp3) is 0.636. The van der Waals surface area contributed by atoms with Crippen molar-refractivity contribution in [2.45, 2.75) is 94.2 Å². The van der Waals surface area contributed by atoms with Gasteiger partial charge in [0.2, 0.25) is 0 Å². The van der Waals surface area contributed by atoms with Crippen LogP contribution in [0.2, 0.25) is 0 Å². The van der Waals surface area contributed by atoms with E-state index in [0.29, 0.717) is 58.2 Å². The fourth-order valence-corrected chi connectivity index (χ4v) is 3.14. The Labute approximate surface area is 530 Å². The summed E-state index contributed by atoms with van der Waals surface area (Å²) in [5.74, 6) is -13.8. The molecule has 0 aliphatic carbocycles. The molecule has 49 heteroatoms. The number of aliphatic hydroxyl groups excluding tert-OH is 1. The van der Waals surface area contributed by atoms with Gasteiger partial charge in [0.25, 0.3) is 0 Å². The Bertz CT molecular complexity index is 1970. The summed E-state index contributed by atoms with van der Waals surface area (Å²) < 4.78 is 13.9. The van der Waals surface area contributed by atoms with Gasteiger partial charge in [0, 0.05) is 13.1 Å². The molecule has 0 heterocycles. The number of carbonyl (C=O) groups excluding carboxylic acids is 4. The highest BCUT2D eigenvalue weighted by Gasteiger charge is 2.26. The predicted molar refractivity (Wildman–Crippen MR) is 323 cm³/mol. The second-order valence-corrected chi connectivity index (χ2v) is 16.0. The zero-order chi connectivity index (χ0) is 76.0. The number of hydrogen-bond acceptors (Lipinski definition) is 35. The lowest BCUT2D eigenvalue weighted by Gasteiger charge is -2.19. The third-order valence-electron chi connectivity index (χ3n) is 7.83. The summed E-state index contributed by atoms with van der Waals surface area (Å²) in [6, 6.07) is -6.26. The number of unbranched alkanes of at least 4 members (excludes halogenated alkanes) is 1. The lowest BCUT2D eigenvalue weighted by molar-refractivity contribution is -0.163. The number of guanidine groups is 2. The topological polar surface area (TPSA) is 1000 Å². The van der Waals surface area contributed by atoms with Crippen molar-refractivity contribution >= 4 is 95.5 Å². The standard InChI is InChI=1S/C11H22N4O5.C10H21N5O4.C6H14N4O2.C3H7NO3.7C2H5NO2/c12-4-2-1-3-7(14)10(17)20-11(18)8(15)6-19-9(16)5-13;1-5(7(12)8(16)17)19-9(18)6(11)3-2-4-15-10(13)14;7-4(5(11)12)2-1-3-10-6(8)9;4-2(1-5)3(6)7;7*3-1-2(4)5/h7-8H,1-6,12-15H2;5-7H,2-4,11-12H2,1H3,(H,16,17)(H4,13,14,15);4H,1-3,7H2,(H,11,12)(H4,8,9,10);2,5H,1,4H2,(H,6,7);7*1,3H2,(H,4,5)/t7-,8-;5-,6+,7+;4-;2-;;;;;;;/m0100......./s1. The number of ether oxygens (including phenoxy) is 3. The molecule has 0 aromatic heterocycles. The first-order chi connectivity index (χ1) is 42.8. The Morgan fingerprint density at radius 2 is 0.677 bits per heavy atom. The molecular weight excluding hydrogens is 1270 g/mol. The smallest absolute Gasteiger partial charge is 0.334 e. The summed E-state index contributed by atoms with van der Waals surface area (Å²) in [6.07, 6.45) is 2.61. The van der Waals surface area contributed by atoms with Crippen LogP contribution >= 0.6 is 0 Å². The molecule has 0 aliphatic heterocycles. The number of aliphatic hydroxyl groups is 1. The minimum Gasteiger partial charge on any atom is -0.480 e. The molecule has 0 saturated carbocycles. The Kier molecular flexibility index (Phi) is 89.6. The molecule has 0 amide bonds. The van der Waals surface area contributed by atoms with Crippen molar-refractivity contribution in [2.75, 3.05) is 85.2 Å². The van der Waals surface area contributed by atoms with Crippen LogP contribution in [-0.4, -0.2) is 279 Å². The molecule has 49 N–H and O–H groups in total. The molecule has 49 nitrogen and oxygen atoms in total. The maximum absolute atomic E-state index is 11.5. The van der Waals surface area contributed by atoms with E-state index in [1.54, 1.807) is 0 Å². The van der Waals surface area contributed by atoms with Gasteiger partial charge < -0.3 is 178 Å². The molecule has 0 radical (unpaired) electrons. The minimum atomic E-state index is -1.28. The molecule has 7 atom stereocenters. The van der Waals surface area contributed by atoms with Gasteiger partial charge in [-0.05, 0) is 52.0 Å². The molecule has 0 bridgehead atoms. The zero-order valence-electron chi connectivity index (χ0n) is 50.9.